The topological polar surface area (TPSA) is 69.6 Å². The Morgan fingerprint density at radius 2 is 1.91 bits per heavy atom. The first-order valence-corrected chi connectivity index (χ1v) is 9.51. The number of rotatable bonds is 6. The lowest BCUT2D eigenvalue weighted by atomic mass is 10.0. The van der Waals surface area contributed by atoms with Gasteiger partial charge in [0.2, 0.25) is 0 Å². The molecule has 1 aliphatic rings. The number of nitrogens with one attached hydrogen (secondary N) is 1. The highest BCUT2D eigenvalue weighted by Gasteiger charge is 2.36. The van der Waals surface area contributed by atoms with Crippen LogP contribution in [0.25, 0.3) is 0 Å². The van der Waals surface area contributed by atoms with E-state index in [4.69, 9.17) is 0 Å². The summed E-state index contributed by atoms with van der Waals surface area (Å²) in [4.78, 5) is 2.10. The number of hydrogen-bond acceptors (Lipinski definition) is 5. The van der Waals surface area contributed by atoms with Crippen LogP contribution in [0.15, 0.2) is 24.3 Å². The average molecular weight is 326 g/mol. The Labute approximate surface area is 133 Å². The van der Waals surface area contributed by atoms with Gasteiger partial charge in [-0.15, -0.1) is 0 Å². The maximum Gasteiger partial charge on any atom is 0.154 e. The van der Waals surface area contributed by atoms with Crippen molar-refractivity contribution >= 4 is 9.84 Å². The second-order valence-electron chi connectivity index (χ2n) is 6.23. The summed E-state index contributed by atoms with van der Waals surface area (Å²) in [7, 11) is 0.891. The molecular weight excluding hydrogens is 300 g/mol. The highest BCUT2D eigenvalue weighted by molar-refractivity contribution is 7.91. The lowest BCUT2D eigenvalue weighted by molar-refractivity contribution is 0.159. The van der Waals surface area contributed by atoms with Gasteiger partial charge in [0.25, 0.3) is 0 Å². The minimum atomic E-state index is -3.11. The van der Waals surface area contributed by atoms with E-state index < -0.39 is 15.9 Å². The van der Waals surface area contributed by atoms with Gasteiger partial charge in [-0.05, 0) is 31.6 Å². The Bertz CT molecular complexity index is 584. The summed E-state index contributed by atoms with van der Waals surface area (Å²) in [6, 6.07) is 8.25. The zero-order chi connectivity index (χ0) is 16.3. The summed E-state index contributed by atoms with van der Waals surface area (Å²) in [5, 5.41) is 13.1. The molecule has 0 radical (unpaired) electrons. The van der Waals surface area contributed by atoms with Crippen LogP contribution in [0.3, 0.4) is 0 Å². The standard InChI is InChI=1S/C16H26N2O3S/c1-4-12-5-7-13(8-6-12)15(18(2)3)9-17-14-10-22(20,21)11-16(14)19/h5-8,14-17,19H,4,9-11H2,1-3H3. The number of likely N-dealkylation sites (N-methyl/N-ethyl adjacent to an activating group) is 1. The molecule has 22 heavy (non-hydrogen) atoms. The minimum absolute atomic E-state index is 0.0170. The fourth-order valence-corrected chi connectivity index (χ4v) is 4.64. The predicted octanol–water partition coefficient (Wildman–Crippen LogP) is 0.599. The molecule has 1 saturated heterocycles. The SMILES string of the molecule is CCc1ccc(C(CNC2CS(=O)(=O)CC2O)N(C)C)cc1. The molecule has 3 unspecified atom stereocenters. The maximum atomic E-state index is 11.6. The number of aryl methyl sites for hydroxylation is 1. The first kappa shape index (κ1) is 17.4. The number of nitrogens with zero attached hydrogens (tertiary/aromatic N) is 1. The molecule has 124 valence electrons. The van der Waals surface area contributed by atoms with Gasteiger partial charge in [0.1, 0.15) is 0 Å². The van der Waals surface area contributed by atoms with Gasteiger partial charge < -0.3 is 15.3 Å². The second kappa shape index (κ2) is 7.08. The summed E-state index contributed by atoms with van der Waals surface area (Å²) >= 11 is 0. The molecule has 6 heteroatoms. The molecule has 0 bridgehead atoms. The quantitative estimate of drug-likeness (QED) is 0.801. The third kappa shape index (κ3) is 4.29. The molecule has 1 aromatic rings. The Hall–Kier alpha value is -0.950. The van der Waals surface area contributed by atoms with Crippen LogP contribution in [-0.2, 0) is 16.3 Å². The largest absolute Gasteiger partial charge is 0.390 e. The van der Waals surface area contributed by atoms with Gasteiger partial charge in [0, 0.05) is 18.6 Å². The van der Waals surface area contributed by atoms with Crippen molar-refractivity contribution in [1.82, 2.24) is 10.2 Å². The van der Waals surface area contributed by atoms with Crippen molar-refractivity contribution in [2.24, 2.45) is 0 Å². The summed E-state index contributed by atoms with van der Waals surface area (Å²) in [5.41, 5.74) is 2.48. The molecule has 1 aromatic carbocycles. The first-order chi connectivity index (χ1) is 10.3. The van der Waals surface area contributed by atoms with Crippen LogP contribution in [0, 0.1) is 0 Å². The number of aliphatic hydroxyl groups is 1. The molecule has 0 amide bonds. The molecule has 5 nitrogen and oxygen atoms in total. The van der Waals surface area contributed by atoms with Gasteiger partial charge in [0.15, 0.2) is 9.84 Å². The number of hydrogen-bond donors (Lipinski definition) is 2. The Kier molecular flexibility index (Phi) is 5.60. The molecule has 0 saturated carbocycles. The van der Waals surface area contributed by atoms with E-state index in [1.807, 2.05) is 14.1 Å². The minimum Gasteiger partial charge on any atom is -0.390 e. The third-order valence-corrected chi connectivity index (χ3v) is 6.01. The molecule has 3 atom stereocenters. The van der Waals surface area contributed by atoms with Crippen molar-refractivity contribution in [3.8, 4) is 0 Å². The fraction of sp³-hybridized carbons (Fsp3) is 0.625. The van der Waals surface area contributed by atoms with E-state index in [0.29, 0.717) is 6.54 Å². The smallest absolute Gasteiger partial charge is 0.154 e. The maximum absolute atomic E-state index is 11.6. The molecule has 0 aliphatic carbocycles. The number of benzene rings is 1. The number of sulfone groups is 1. The van der Waals surface area contributed by atoms with Crippen LogP contribution in [0.2, 0.25) is 0 Å². The van der Waals surface area contributed by atoms with E-state index in [-0.39, 0.29) is 23.6 Å². The van der Waals surface area contributed by atoms with Gasteiger partial charge in [-0.25, -0.2) is 8.42 Å². The normalized spacial score (nSPS) is 25.5. The summed E-state index contributed by atoms with van der Waals surface area (Å²) in [6.07, 6.45) is 0.201. The van der Waals surface area contributed by atoms with Crippen LogP contribution >= 0.6 is 0 Å². The van der Waals surface area contributed by atoms with Crippen molar-refractivity contribution in [2.75, 3.05) is 32.1 Å². The van der Waals surface area contributed by atoms with E-state index in [1.165, 1.54) is 11.1 Å². The van der Waals surface area contributed by atoms with E-state index in [0.717, 1.165) is 6.42 Å². The Balaban J connectivity index is 2.03. The van der Waals surface area contributed by atoms with Gasteiger partial charge in [-0.1, -0.05) is 31.2 Å². The van der Waals surface area contributed by atoms with Gasteiger partial charge >= 0.3 is 0 Å². The highest BCUT2D eigenvalue weighted by Crippen LogP contribution is 2.20. The molecule has 2 rings (SSSR count). The third-order valence-electron chi connectivity index (χ3n) is 4.29. The molecule has 0 aromatic heterocycles. The summed E-state index contributed by atoms with van der Waals surface area (Å²) in [6.45, 7) is 2.73. The van der Waals surface area contributed by atoms with Crippen LogP contribution in [0.4, 0.5) is 0 Å². The van der Waals surface area contributed by atoms with E-state index >= 15 is 0 Å². The van der Waals surface area contributed by atoms with Crippen molar-refractivity contribution in [3.63, 3.8) is 0 Å². The Morgan fingerprint density at radius 3 is 2.36 bits per heavy atom. The molecule has 0 spiro atoms. The fourth-order valence-electron chi connectivity index (χ4n) is 2.86. The van der Waals surface area contributed by atoms with Crippen LogP contribution in [0.5, 0.6) is 0 Å². The second-order valence-corrected chi connectivity index (χ2v) is 8.39. The molecule has 1 aliphatic heterocycles. The zero-order valence-corrected chi connectivity index (χ0v) is 14.3. The van der Waals surface area contributed by atoms with E-state index in [2.05, 4.69) is 41.4 Å². The molecule has 1 fully saturated rings. The van der Waals surface area contributed by atoms with Crippen molar-refractivity contribution in [2.45, 2.75) is 31.5 Å². The molecule has 2 N–H and O–H groups in total. The van der Waals surface area contributed by atoms with Crippen LogP contribution in [-0.4, -0.2) is 62.7 Å². The van der Waals surface area contributed by atoms with Gasteiger partial charge in [0.05, 0.1) is 17.6 Å². The Morgan fingerprint density at radius 1 is 1.27 bits per heavy atom. The van der Waals surface area contributed by atoms with Crippen molar-refractivity contribution in [3.05, 3.63) is 35.4 Å². The predicted molar refractivity (Wildman–Crippen MR) is 88.7 cm³/mol. The summed E-state index contributed by atoms with van der Waals surface area (Å²) < 4.78 is 23.1. The number of aliphatic hydroxyl groups excluding tert-OH is 1. The van der Waals surface area contributed by atoms with E-state index in [9.17, 15) is 13.5 Å². The first-order valence-electron chi connectivity index (χ1n) is 7.69. The summed E-state index contributed by atoms with van der Waals surface area (Å²) in [5.74, 6) is -0.119. The zero-order valence-electron chi connectivity index (χ0n) is 13.5. The lowest BCUT2D eigenvalue weighted by Crippen LogP contribution is -2.43. The molecule has 1 heterocycles. The van der Waals surface area contributed by atoms with Crippen LogP contribution in [0.1, 0.15) is 24.1 Å². The van der Waals surface area contributed by atoms with Crippen LogP contribution < -0.4 is 5.32 Å². The van der Waals surface area contributed by atoms with Crippen molar-refractivity contribution < 1.29 is 13.5 Å². The lowest BCUT2D eigenvalue weighted by Gasteiger charge is -2.27. The molecular formula is C16H26N2O3S. The van der Waals surface area contributed by atoms with E-state index in [1.54, 1.807) is 0 Å². The highest BCUT2D eigenvalue weighted by atomic mass is 32.2. The van der Waals surface area contributed by atoms with Crippen molar-refractivity contribution in [1.29, 1.82) is 0 Å². The van der Waals surface area contributed by atoms with Gasteiger partial charge in [-0.3, -0.25) is 0 Å². The monoisotopic (exact) mass is 326 g/mol. The average Bonchev–Trinajstić information content (AvgIpc) is 2.72. The van der Waals surface area contributed by atoms with Gasteiger partial charge in [-0.2, -0.15) is 0 Å².